The van der Waals surface area contributed by atoms with E-state index in [4.69, 9.17) is 0 Å². The molecule has 2 rings (SSSR count). The van der Waals surface area contributed by atoms with E-state index < -0.39 is 9.84 Å². The Kier molecular flexibility index (Phi) is 1.83. The second-order valence-corrected chi connectivity index (χ2v) is 5.56. The first-order valence-corrected chi connectivity index (χ1v) is 6.08. The van der Waals surface area contributed by atoms with Crippen molar-refractivity contribution in [2.75, 3.05) is 11.5 Å². The number of rotatable bonds is 0. The molecule has 0 spiro atoms. The van der Waals surface area contributed by atoms with E-state index in [1.54, 1.807) is 0 Å². The number of allylic oxidation sites excluding steroid dienone is 3. The normalized spacial score (nSPS) is 27.0. The quantitative estimate of drug-likeness (QED) is 0.571. The van der Waals surface area contributed by atoms with E-state index in [1.807, 2.05) is 0 Å². The summed E-state index contributed by atoms with van der Waals surface area (Å²) in [6.45, 7) is 0. The minimum absolute atomic E-state index is 0.277. The zero-order valence-electron chi connectivity index (χ0n) is 6.91. The molecule has 0 unspecified atom stereocenters. The fourth-order valence-electron chi connectivity index (χ4n) is 1.77. The van der Waals surface area contributed by atoms with Gasteiger partial charge in [-0.2, -0.15) is 0 Å². The molecular weight excluding hydrogens is 172 g/mol. The van der Waals surface area contributed by atoms with Gasteiger partial charge in [0.2, 0.25) is 0 Å². The van der Waals surface area contributed by atoms with Gasteiger partial charge in [-0.15, -0.1) is 0 Å². The zero-order valence-corrected chi connectivity index (χ0v) is 7.73. The van der Waals surface area contributed by atoms with Crippen LogP contribution in [0.4, 0.5) is 0 Å². The maximum atomic E-state index is 11.2. The molecule has 0 amide bonds. The molecule has 1 aliphatic heterocycles. The largest absolute Gasteiger partial charge is 0.228 e. The minimum atomic E-state index is -2.76. The van der Waals surface area contributed by atoms with Crippen LogP contribution in [-0.4, -0.2) is 19.9 Å². The van der Waals surface area contributed by atoms with Crippen LogP contribution >= 0.6 is 0 Å². The molecule has 1 aliphatic carbocycles. The summed E-state index contributed by atoms with van der Waals surface area (Å²) >= 11 is 0. The second-order valence-electron chi connectivity index (χ2n) is 3.38. The van der Waals surface area contributed by atoms with E-state index in [0.717, 1.165) is 24.8 Å². The highest BCUT2D eigenvalue weighted by atomic mass is 32.2. The average Bonchev–Trinajstić information content (AvgIpc) is 2.02. The lowest BCUT2D eigenvalue weighted by atomic mass is 9.97. The smallest absolute Gasteiger partial charge is 0.154 e. The van der Waals surface area contributed by atoms with E-state index in [0.29, 0.717) is 5.75 Å². The summed E-state index contributed by atoms with van der Waals surface area (Å²) in [4.78, 5) is 0. The Morgan fingerprint density at radius 3 is 2.50 bits per heavy atom. The van der Waals surface area contributed by atoms with Crippen molar-refractivity contribution >= 4 is 9.84 Å². The van der Waals surface area contributed by atoms with Crippen molar-refractivity contribution in [3.05, 3.63) is 23.3 Å². The zero-order chi connectivity index (χ0) is 8.60. The highest BCUT2D eigenvalue weighted by Gasteiger charge is 2.23. The Bertz CT molecular complexity index is 347. The molecular formula is C9H12O2S. The van der Waals surface area contributed by atoms with Crippen LogP contribution in [0.5, 0.6) is 0 Å². The Balaban J connectivity index is 2.31. The van der Waals surface area contributed by atoms with Crippen molar-refractivity contribution in [2.24, 2.45) is 0 Å². The van der Waals surface area contributed by atoms with Gasteiger partial charge in [0.15, 0.2) is 9.84 Å². The Morgan fingerprint density at radius 1 is 1.08 bits per heavy atom. The van der Waals surface area contributed by atoms with Crippen LogP contribution in [0, 0.1) is 0 Å². The first-order chi connectivity index (χ1) is 5.67. The molecule has 66 valence electrons. The van der Waals surface area contributed by atoms with Gasteiger partial charge >= 0.3 is 0 Å². The van der Waals surface area contributed by atoms with E-state index in [-0.39, 0.29) is 5.75 Å². The van der Waals surface area contributed by atoms with Crippen molar-refractivity contribution in [3.8, 4) is 0 Å². The average molecular weight is 184 g/mol. The SMILES string of the molecule is O=S1(=O)CCC2=CCCC=C2C1. The molecule has 12 heavy (non-hydrogen) atoms. The molecule has 0 aromatic rings. The van der Waals surface area contributed by atoms with Gasteiger partial charge in [0.05, 0.1) is 11.5 Å². The third-order valence-electron chi connectivity index (χ3n) is 2.42. The van der Waals surface area contributed by atoms with Crippen LogP contribution < -0.4 is 0 Å². The lowest BCUT2D eigenvalue weighted by Crippen LogP contribution is -2.21. The molecule has 0 aromatic heterocycles. The van der Waals surface area contributed by atoms with E-state index in [1.165, 1.54) is 5.57 Å². The highest BCUT2D eigenvalue weighted by molar-refractivity contribution is 7.91. The Hall–Kier alpha value is -0.570. The summed E-state index contributed by atoms with van der Waals surface area (Å²) in [5.74, 6) is 0.620. The number of sulfone groups is 1. The number of hydrogen-bond donors (Lipinski definition) is 0. The molecule has 2 nitrogen and oxygen atoms in total. The van der Waals surface area contributed by atoms with Crippen LogP contribution in [0.25, 0.3) is 0 Å². The van der Waals surface area contributed by atoms with Crippen LogP contribution in [0.1, 0.15) is 19.3 Å². The van der Waals surface area contributed by atoms with Crippen LogP contribution in [-0.2, 0) is 9.84 Å². The van der Waals surface area contributed by atoms with Crippen molar-refractivity contribution in [1.82, 2.24) is 0 Å². The third kappa shape index (κ3) is 1.46. The molecule has 1 saturated heterocycles. The van der Waals surface area contributed by atoms with Gasteiger partial charge < -0.3 is 0 Å². The molecule has 0 radical (unpaired) electrons. The summed E-state index contributed by atoms with van der Waals surface area (Å²) in [7, 11) is -2.76. The summed E-state index contributed by atoms with van der Waals surface area (Å²) in [5.41, 5.74) is 2.34. The lowest BCUT2D eigenvalue weighted by Gasteiger charge is -2.21. The maximum Gasteiger partial charge on any atom is 0.154 e. The van der Waals surface area contributed by atoms with Crippen LogP contribution in [0.2, 0.25) is 0 Å². The van der Waals surface area contributed by atoms with Crippen molar-refractivity contribution < 1.29 is 8.42 Å². The van der Waals surface area contributed by atoms with Crippen molar-refractivity contribution in [2.45, 2.75) is 19.3 Å². The molecule has 0 N–H and O–H groups in total. The lowest BCUT2D eigenvalue weighted by molar-refractivity contribution is 0.594. The summed E-state index contributed by atoms with van der Waals surface area (Å²) in [6.07, 6.45) is 7.08. The van der Waals surface area contributed by atoms with Crippen molar-refractivity contribution in [3.63, 3.8) is 0 Å². The maximum absolute atomic E-state index is 11.2. The highest BCUT2D eigenvalue weighted by Crippen LogP contribution is 2.27. The first kappa shape index (κ1) is 8.05. The molecule has 1 fully saturated rings. The standard InChI is InChI=1S/C9H12O2S/c10-12(11)6-5-8-3-1-2-4-9(8)7-12/h3-4H,1-2,5-7H2. The molecule has 0 aromatic carbocycles. The van der Waals surface area contributed by atoms with E-state index in [2.05, 4.69) is 12.2 Å². The van der Waals surface area contributed by atoms with Crippen LogP contribution in [0.15, 0.2) is 23.3 Å². The summed E-state index contributed by atoms with van der Waals surface area (Å²) in [5, 5.41) is 0. The van der Waals surface area contributed by atoms with Gasteiger partial charge in [-0.3, -0.25) is 0 Å². The number of hydrogen-bond acceptors (Lipinski definition) is 2. The molecule has 1 heterocycles. The molecule has 0 atom stereocenters. The summed E-state index contributed by atoms with van der Waals surface area (Å²) in [6, 6.07) is 0. The fourth-order valence-corrected chi connectivity index (χ4v) is 3.22. The third-order valence-corrected chi connectivity index (χ3v) is 4.00. The summed E-state index contributed by atoms with van der Waals surface area (Å²) < 4.78 is 22.5. The van der Waals surface area contributed by atoms with Gasteiger partial charge in [0.25, 0.3) is 0 Å². The van der Waals surface area contributed by atoms with Crippen molar-refractivity contribution in [1.29, 1.82) is 0 Å². The fraction of sp³-hybridized carbons (Fsp3) is 0.556. The van der Waals surface area contributed by atoms with Crippen LogP contribution in [0.3, 0.4) is 0 Å². The van der Waals surface area contributed by atoms with Gasteiger partial charge in [-0.1, -0.05) is 12.2 Å². The minimum Gasteiger partial charge on any atom is -0.228 e. The van der Waals surface area contributed by atoms with Gasteiger partial charge in [-0.05, 0) is 30.4 Å². The van der Waals surface area contributed by atoms with Gasteiger partial charge in [0.1, 0.15) is 0 Å². The van der Waals surface area contributed by atoms with Gasteiger partial charge in [-0.25, -0.2) is 8.42 Å². The molecule has 2 aliphatic rings. The van der Waals surface area contributed by atoms with E-state index in [9.17, 15) is 8.42 Å². The molecule has 0 bridgehead atoms. The van der Waals surface area contributed by atoms with E-state index >= 15 is 0 Å². The molecule has 0 saturated carbocycles. The Morgan fingerprint density at radius 2 is 1.75 bits per heavy atom. The monoisotopic (exact) mass is 184 g/mol. The molecule has 3 heteroatoms. The topological polar surface area (TPSA) is 34.1 Å². The predicted octanol–water partition coefficient (Wildman–Crippen LogP) is 1.45. The Labute approximate surface area is 72.9 Å². The predicted molar refractivity (Wildman–Crippen MR) is 48.7 cm³/mol. The number of fused-ring (bicyclic) bond motifs is 1. The second kappa shape index (κ2) is 2.73. The van der Waals surface area contributed by atoms with Gasteiger partial charge in [0, 0.05) is 0 Å². The first-order valence-electron chi connectivity index (χ1n) is 4.26.